The molecule has 1 fully saturated rings. The first-order valence-corrected chi connectivity index (χ1v) is 8.15. The number of nitrogens with zero attached hydrogens (tertiary/aromatic N) is 2. The summed E-state index contributed by atoms with van der Waals surface area (Å²) in [5.74, 6) is 0. The lowest BCUT2D eigenvalue weighted by Crippen LogP contribution is -2.16. The van der Waals surface area contributed by atoms with Crippen LogP contribution in [0.5, 0.6) is 0 Å². The molecule has 0 saturated heterocycles. The first-order chi connectivity index (χ1) is 9.40. The Bertz CT molecular complexity index is 340. The fourth-order valence-electron chi connectivity index (χ4n) is 2.92. The van der Waals surface area contributed by atoms with Crippen LogP contribution in [0, 0.1) is 0 Å². The van der Waals surface area contributed by atoms with Gasteiger partial charge >= 0.3 is 0 Å². The topological polar surface area (TPSA) is 29.9 Å². The molecule has 1 N–H and O–H groups in total. The van der Waals surface area contributed by atoms with Gasteiger partial charge in [0.15, 0.2) is 0 Å². The predicted molar refractivity (Wildman–Crippen MR) is 80.4 cm³/mol. The molecule has 108 valence electrons. The van der Waals surface area contributed by atoms with E-state index in [4.69, 9.17) is 5.10 Å². The number of hydrogen-bond acceptors (Lipinski definition) is 2. The van der Waals surface area contributed by atoms with E-state index in [-0.39, 0.29) is 0 Å². The summed E-state index contributed by atoms with van der Waals surface area (Å²) >= 11 is 0. The Kier molecular flexibility index (Phi) is 6.42. The monoisotopic (exact) mass is 263 g/mol. The van der Waals surface area contributed by atoms with Gasteiger partial charge in [0.25, 0.3) is 0 Å². The van der Waals surface area contributed by atoms with Gasteiger partial charge in [0.2, 0.25) is 0 Å². The molecule has 3 nitrogen and oxygen atoms in total. The normalized spacial score (nSPS) is 16.9. The summed E-state index contributed by atoms with van der Waals surface area (Å²) < 4.78 is 2.23. The summed E-state index contributed by atoms with van der Waals surface area (Å²) in [5.41, 5.74) is 1.28. The Morgan fingerprint density at radius 3 is 2.84 bits per heavy atom. The highest BCUT2D eigenvalue weighted by atomic mass is 15.3. The number of nitrogens with one attached hydrogen (secondary N) is 1. The zero-order chi connectivity index (χ0) is 13.3. The number of unbranched alkanes of at least 4 members (excludes halogenated alkanes) is 1. The lowest BCUT2D eigenvalue weighted by Gasteiger charge is -2.21. The summed E-state index contributed by atoms with van der Waals surface area (Å²) in [6, 6.07) is 2.89. The van der Waals surface area contributed by atoms with Crippen molar-refractivity contribution in [3.05, 3.63) is 18.0 Å². The van der Waals surface area contributed by atoms with Crippen LogP contribution in [0.15, 0.2) is 12.3 Å². The second-order valence-corrected chi connectivity index (χ2v) is 5.79. The smallest absolute Gasteiger partial charge is 0.0624 e. The zero-order valence-corrected chi connectivity index (χ0v) is 12.4. The molecule has 3 heteroatoms. The van der Waals surface area contributed by atoms with E-state index in [1.165, 1.54) is 57.1 Å². The largest absolute Gasteiger partial charge is 0.317 e. The zero-order valence-electron chi connectivity index (χ0n) is 12.4. The van der Waals surface area contributed by atoms with E-state index in [1.807, 2.05) is 0 Å². The standard InChI is InChI=1S/C16H29N3/c1-2-12-17-13-7-6-8-15-11-14-19(18-15)16-9-4-3-5-10-16/h11,14,16-17H,2-10,12-13H2,1H3. The van der Waals surface area contributed by atoms with Gasteiger partial charge in [0.05, 0.1) is 11.7 Å². The molecule has 0 unspecified atom stereocenters. The number of hydrogen-bond donors (Lipinski definition) is 1. The van der Waals surface area contributed by atoms with E-state index in [9.17, 15) is 0 Å². The van der Waals surface area contributed by atoms with E-state index in [2.05, 4.69) is 29.2 Å². The van der Waals surface area contributed by atoms with Crippen LogP contribution in [0.25, 0.3) is 0 Å². The predicted octanol–water partition coefficient (Wildman–Crippen LogP) is 3.71. The third-order valence-electron chi connectivity index (χ3n) is 4.08. The number of rotatable bonds is 8. The molecule has 0 radical (unpaired) electrons. The van der Waals surface area contributed by atoms with Crippen LogP contribution >= 0.6 is 0 Å². The minimum Gasteiger partial charge on any atom is -0.317 e. The van der Waals surface area contributed by atoms with Gasteiger partial charge in [0.1, 0.15) is 0 Å². The molecule has 1 heterocycles. The van der Waals surface area contributed by atoms with Crippen molar-refractivity contribution in [1.29, 1.82) is 0 Å². The van der Waals surface area contributed by atoms with Gasteiger partial charge in [-0.1, -0.05) is 26.2 Å². The summed E-state index contributed by atoms with van der Waals surface area (Å²) in [6.45, 7) is 4.51. The van der Waals surface area contributed by atoms with Crippen molar-refractivity contribution in [3.63, 3.8) is 0 Å². The van der Waals surface area contributed by atoms with Gasteiger partial charge in [-0.3, -0.25) is 4.68 Å². The second kappa shape index (κ2) is 8.36. The summed E-state index contributed by atoms with van der Waals surface area (Å²) in [4.78, 5) is 0. The molecule has 1 aliphatic carbocycles. The van der Waals surface area contributed by atoms with Crippen LogP contribution in [-0.2, 0) is 6.42 Å². The highest BCUT2D eigenvalue weighted by molar-refractivity contribution is 5.00. The average molecular weight is 263 g/mol. The minimum absolute atomic E-state index is 0.675. The molecule has 1 aromatic rings. The van der Waals surface area contributed by atoms with Gasteiger partial charge in [-0.15, -0.1) is 0 Å². The van der Waals surface area contributed by atoms with Crippen LogP contribution in [0.3, 0.4) is 0 Å². The lowest BCUT2D eigenvalue weighted by molar-refractivity contribution is 0.328. The maximum atomic E-state index is 4.76. The molecule has 0 aromatic carbocycles. The van der Waals surface area contributed by atoms with Crippen LogP contribution in [-0.4, -0.2) is 22.9 Å². The van der Waals surface area contributed by atoms with E-state index in [0.29, 0.717) is 6.04 Å². The molecule has 0 amide bonds. The van der Waals surface area contributed by atoms with Crippen molar-refractivity contribution in [2.24, 2.45) is 0 Å². The van der Waals surface area contributed by atoms with Crippen molar-refractivity contribution >= 4 is 0 Å². The molecular formula is C16H29N3. The Balaban J connectivity index is 1.66. The fraction of sp³-hybridized carbons (Fsp3) is 0.812. The van der Waals surface area contributed by atoms with E-state index in [1.54, 1.807) is 0 Å². The van der Waals surface area contributed by atoms with Gasteiger partial charge in [0, 0.05) is 6.20 Å². The Morgan fingerprint density at radius 1 is 1.21 bits per heavy atom. The molecule has 19 heavy (non-hydrogen) atoms. The third-order valence-corrected chi connectivity index (χ3v) is 4.08. The summed E-state index contributed by atoms with van der Waals surface area (Å²) in [5, 5.41) is 8.22. The Hall–Kier alpha value is -0.830. The van der Waals surface area contributed by atoms with Gasteiger partial charge < -0.3 is 5.32 Å². The van der Waals surface area contributed by atoms with Gasteiger partial charge in [-0.25, -0.2) is 0 Å². The van der Waals surface area contributed by atoms with Gasteiger partial charge in [-0.05, 0) is 57.7 Å². The number of aryl methyl sites for hydroxylation is 1. The Morgan fingerprint density at radius 2 is 2.05 bits per heavy atom. The maximum absolute atomic E-state index is 4.76. The highest BCUT2D eigenvalue weighted by Gasteiger charge is 2.15. The maximum Gasteiger partial charge on any atom is 0.0624 e. The summed E-state index contributed by atoms with van der Waals surface area (Å²) in [7, 11) is 0. The molecule has 0 atom stereocenters. The lowest BCUT2D eigenvalue weighted by atomic mass is 9.96. The molecule has 0 aliphatic heterocycles. The fourth-order valence-corrected chi connectivity index (χ4v) is 2.92. The minimum atomic E-state index is 0.675. The molecule has 1 aliphatic rings. The van der Waals surface area contributed by atoms with Crippen molar-refractivity contribution in [3.8, 4) is 0 Å². The van der Waals surface area contributed by atoms with Crippen molar-refractivity contribution in [1.82, 2.24) is 15.1 Å². The van der Waals surface area contributed by atoms with Crippen LogP contribution in [0.4, 0.5) is 0 Å². The first kappa shape index (κ1) is 14.6. The summed E-state index contributed by atoms with van der Waals surface area (Å²) in [6.07, 6.45) is 13.9. The SMILES string of the molecule is CCCNCCCCc1ccn(C2CCCCC2)n1. The molecular weight excluding hydrogens is 234 g/mol. The quantitative estimate of drug-likeness (QED) is 0.725. The van der Waals surface area contributed by atoms with Crippen LogP contribution in [0.2, 0.25) is 0 Å². The van der Waals surface area contributed by atoms with E-state index >= 15 is 0 Å². The molecule has 0 spiro atoms. The number of aromatic nitrogens is 2. The van der Waals surface area contributed by atoms with Crippen molar-refractivity contribution in [2.75, 3.05) is 13.1 Å². The molecule has 1 aromatic heterocycles. The van der Waals surface area contributed by atoms with Crippen molar-refractivity contribution < 1.29 is 0 Å². The first-order valence-electron chi connectivity index (χ1n) is 8.15. The Labute approximate surface area is 117 Å². The highest BCUT2D eigenvalue weighted by Crippen LogP contribution is 2.27. The van der Waals surface area contributed by atoms with E-state index in [0.717, 1.165) is 19.5 Å². The second-order valence-electron chi connectivity index (χ2n) is 5.79. The van der Waals surface area contributed by atoms with Crippen LogP contribution < -0.4 is 5.32 Å². The van der Waals surface area contributed by atoms with Crippen LogP contribution in [0.1, 0.15) is 70.0 Å². The van der Waals surface area contributed by atoms with E-state index < -0.39 is 0 Å². The molecule has 2 rings (SSSR count). The third kappa shape index (κ3) is 4.98. The molecule has 0 bridgehead atoms. The average Bonchev–Trinajstić information content (AvgIpc) is 2.92. The van der Waals surface area contributed by atoms with Gasteiger partial charge in [-0.2, -0.15) is 5.10 Å². The molecule has 1 saturated carbocycles. The van der Waals surface area contributed by atoms with Crippen molar-refractivity contribution in [2.45, 2.75) is 70.8 Å².